The lowest BCUT2D eigenvalue weighted by Gasteiger charge is -2.40. The second-order valence-corrected chi connectivity index (χ2v) is 13.0. The third-order valence-electron chi connectivity index (χ3n) is 8.99. The van der Waals surface area contributed by atoms with Crippen LogP contribution in [0.2, 0.25) is 10.0 Å². The van der Waals surface area contributed by atoms with Crippen molar-refractivity contribution in [2.45, 2.75) is 44.7 Å². The van der Waals surface area contributed by atoms with Crippen molar-refractivity contribution >= 4 is 35.0 Å². The number of rotatable bonds is 7. The molecule has 2 fully saturated rings. The molecule has 2 N–H and O–H groups in total. The van der Waals surface area contributed by atoms with Gasteiger partial charge in [0.25, 0.3) is 11.8 Å². The van der Waals surface area contributed by atoms with Crippen molar-refractivity contribution in [2.24, 2.45) is 0 Å². The van der Waals surface area contributed by atoms with Gasteiger partial charge in [-0.3, -0.25) is 20.2 Å². The maximum atomic E-state index is 15.0. The van der Waals surface area contributed by atoms with Gasteiger partial charge in [-0.05, 0) is 74.4 Å². The zero-order valence-corrected chi connectivity index (χ0v) is 28.5. The first-order chi connectivity index (χ1) is 23.3. The van der Waals surface area contributed by atoms with Gasteiger partial charge in [0.05, 0.1) is 29.8 Å². The maximum absolute atomic E-state index is 15.0. The molecule has 2 aliphatic heterocycles. The summed E-state index contributed by atoms with van der Waals surface area (Å²) >= 11 is 12.5. The minimum absolute atomic E-state index is 0.0630. The average molecular weight is 716 g/mol. The largest absolute Gasteiger partial charge is 0.493 e. The highest BCUT2D eigenvalue weighted by atomic mass is 35.5. The van der Waals surface area contributed by atoms with Gasteiger partial charge in [-0.2, -0.15) is 13.2 Å². The highest BCUT2D eigenvalue weighted by Crippen LogP contribution is 2.46. The van der Waals surface area contributed by atoms with Gasteiger partial charge in [-0.1, -0.05) is 53.5 Å². The van der Waals surface area contributed by atoms with E-state index in [2.05, 4.69) is 10.6 Å². The molecule has 13 heteroatoms. The van der Waals surface area contributed by atoms with Crippen molar-refractivity contribution < 1.29 is 31.9 Å². The van der Waals surface area contributed by atoms with Crippen molar-refractivity contribution in [2.75, 3.05) is 32.8 Å². The maximum Gasteiger partial charge on any atom is 0.416 e. The Labute approximate surface area is 292 Å². The first-order valence-electron chi connectivity index (χ1n) is 15.9. The molecule has 258 valence electrons. The highest BCUT2D eigenvalue weighted by molar-refractivity contribution is 6.30. The molecule has 2 amide bonds. The van der Waals surface area contributed by atoms with E-state index in [-0.39, 0.29) is 50.0 Å². The Bertz CT molecular complexity index is 1780. The van der Waals surface area contributed by atoms with E-state index in [1.807, 2.05) is 24.3 Å². The summed E-state index contributed by atoms with van der Waals surface area (Å²) in [6.07, 6.45) is -4.63. The molecule has 3 heterocycles. The van der Waals surface area contributed by atoms with Crippen molar-refractivity contribution in [3.05, 3.63) is 122 Å². The number of carbonyl (C=O) groups excluding carboxylic acids is 2. The van der Waals surface area contributed by atoms with E-state index in [1.165, 1.54) is 6.07 Å². The minimum atomic E-state index is -4.63. The fourth-order valence-corrected chi connectivity index (χ4v) is 6.86. The molecule has 2 atom stereocenters. The van der Waals surface area contributed by atoms with Gasteiger partial charge >= 0.3 is 6.18 Å². The van der Waals surface area contributed by atoms with Crippen LogP contribution in [0.3, 0.4) is 0 Å². The van der Waals surface area contributed by atoms with E-state index < -0.39 is 35.4 Å². The fourth-order valence-electron chi connectivity index (χ4n) is 6.61. The number of benzene rings is 3. The van der Waals surface area contributed by atoms with E-state index in [0.717, 1.165) is 23.3 Å². The highest BCUT2D eigenvalue weighted by Gasteiger charge is 2.55. The van der Waals surface area contributed by atoms with Gasteiger partial charge in [0, 0.05) is 41.8 Å². The SMILES string of the molecule is CCOc1cc(C(F)(F)F)ccc1C1(C(=O)N2CCN(C(=O)c3cc(C)oc3C)CC2)NC(c2ccc(Cl)cc2)C(c2ccc(Cl)cc2)N1. The Balaban J connectivity index is 1.42. The number of hydrogen-bond donors (Lipinski definition) is 2. The second-order valence-electron chi connectivity index (χ2n) is 12.2. The van der Waals surface area contributed by atoms with E-state index in [4.69, 9.17) is 32.4 Å². The smallest absolute Gasteiger partial charge is 0.416 e. The van der Waals surface area contributed by atoms with Gasteiger partial charge in [0.15, 0.2) is 5.66 Å². The van der Waals surface area contributed by atoms with Crippen LogP contribution in [-0.2, 0) is 16.6 Å². The quantitative estimate of drug-likeness (QED) is 0.207. The van der Waals surface area contributed by atoms with E-state index in [1.54, 1.807) is 60.9 Å². The number of carbonyl (C=O) groups is 2. The first kappa shape index (κ1) is 34.8. The van der Waals surface area contributed by atoms with Crippen molar-refractivity contribution in [1.82, 2.24) is 20.4 Å². The third-order valence-corrected chi connectivity index (χ3v) is 9.50. The molecule has 0 spiro atoms. The lowest BCUT2D eigenvalue weighted by Crippen LogP contribution is -2.62. The normalized spacial score (nSPS) is 21.2. The van der Waals surface area contributed by atoms with E-state index in [0.29, 0.717) is 27.1 Å². The molecule has 0 saturated carbocycles. The molecule has 0 radical (unpaired) electrons. The Morgan fingerprint density at radius 1 is 0.857 bits per heavy atom. The number of nitrogens with one attached hydrogen (secondary N) is 2. The van der Waals surface area contributed by atoms with Gasteiger partial charge in [0.1, 0.15) is 17.3 Å². The number of alkyl halides is 3. The van der Waals surface area contributed by atoms with Crippen LogP contribution in [0.5, 0.6) is 5.75 Å². The minimum Gasteiger partial charge on any atom is -0.493 e. The average Bonchev–Trinajstić information content (AvgIpc) is 3.65. The monoisotopic (exact) mass is 714 g/mol. The predicted molar refractivity (Wildman–Crippen MR) is 180 cm³/mol. The molecular weight excluding hydrogens is 680 g/mol. The summed E-state index contributed by atoms with van der Waals surface area (Å²) in [6, 6.07) is 18.1. The summed E-state index contributed by atoms with van der Waals surface area (Å²) in [5.41, 5.74) is -0.398. The van der Waals surface area contributed by atoms with Crippen LogP contribution in [-0.4, -0.2) is 54.4 Å². The molecule has 3 aromatic carbocycles. The number of nitrogens with zero attached hydrogens (tertiary/aromatic N) is 2. The molecule has 2 unspecified atom stereocenters. The number of piperazine rings is 1. The Morgan fingerprint density at radius 2 is 1.39 bits per heavy atom. The molecule has 0 bridgehead atoms. The Kier molecular flexibility index (Phi) is 9.74. The summed E-state index contributed by atoms with van der Waals surface area (Å²) in [5.74, 6) is 0.442. The van der Waals surface area contributed by atoms with Gasteiger partial charge < -0.3 is 19.0 Å². The topological polar surface area (TPSA) is 87.0 Å². The van der Waals surface area contributed by atoms with Crippen LogP contribution in [0.1, 0.15) is 63.1 Å². The standard InChI is InChI=1S/C36H35Cl2F3N4O4/c1-4-48-30-20-25(36(39,40)41)9-14-29(30)35(34(47)45-17-15-44(16-18-45)33(46)28-19-21(2)49-22(28)3)42-31(23-5-10-26(37)11-6-23)32(43-35)24-7-12-27(38)13-8-24/h5-14,19-20,31-32,42-43H,4,15-18H2,1-3H3. The summed E-state index contributed by atoms with van der Waals surface area (Å²) in [7, 11) is 0. The van der Waals surface area contributed by atoms with Crippen LogP contribution < -0.4 is 15.4 Å². The number of aryl methyl sites for hydroxylation is 2. The first-order valence-corrected chi connectivity index (χ1v) is 16.6. The number of amides is 2. The van der Waals surface area contributed by atoms with Crippen LogP contribution in [0.15, 0.2) is 77.2 Å². The predicted octanol–water partition coefficient (Wildman–Crippen LogP) is 7.43. The lowest BCUT2D eigenvalue weighted by molar-refractivity contribution is -0.141. The van der Waals surface area contributed by atoms with E-state index in [9.17, 15) is 22.8 Å². The molecule has 2 saturated heterocycles. The van der Waals surface area contributed by atoms with Crippen LogP contribution >= 0.6 is 23.2 Å². The molecule has 49 heavy (non-hydrogen) atoms. The Hall–Kier alpha value is -4.03. The van der Waals surface area contributed by atoms with Gasteiger partial charge in [-0.25, -0.2) is 0 Å². The zero-order chi connectivity index (χ0) is 35.1. The zero-order valence-electron chi connectivity index (χ0n) is 27.0. The van der Waals surface area contributed by atoms with Crippen LogP contribution in [0.4, 0.5) is 13.2 Å². The molecule has 2 aliphatic rings. The number of hydrogen-bond acceptors (Lipinski definition) is 6. The fraction of sp³-hybridized carbons (Fsp3) is 0.333. The van der Waals surface area contributed by atoms with E-state index >= 15 is 0 Å². The van der Waals surface area contributed by atoms with Crippen molar-refractivity contribution in [1.29, 1.82) is 0 Å². The van der Waals surface area contributed by atoms with Gasteiger partial charge in [-0.15, -0.1) is 0 Å². The molecule has 4 aromatic rings. The Morgan fingerprint density at radius 3 is 1.86 bits per heavy atom. The summed E-state index contributed by atoms with van der Waals surface area (Å²) < 4.78 is 53.2. The number of furan rings is 1. The molecule has 6 rings (SSSR count). The second kappa shape index (κ2) is 13.7. The summed E-state index contributed by atoms with van der Waals surface area (Å²) in [6.45, 7) is 6.10. The molecule has 8 nitrogen and oxygen atoms in total. The molecule has 1 aromatic heterocycles. The number of ether oxygens (including phenoxy) is 1. The van der Waals surface area contributed by atoms with Gasteiger partial charge in [0.2, 0.25) is 0 Å². The number of halogens is 5. The summed E-state index contributed by atoms with van der Waals surface area (Å²) in [5, 5.41) is 8.07. The van der Waals surface area contributed by atoms with Crippen molar-refractivity contribution in [3.8, 4) is 5.75 Å². The van der Waals surface area contributed by atoms with Crippen LogP contribution in [0.25, 0.3) is 0 Å². The summed E-state index contributed by atoms with van der Waals surface area (Å²) in [4.78, 5) is 31.6. The molecular formula is C36H35Cl2F3N4O4. The lowest BCUT2D eigenvalue weighted by atomic mass is 9.94. The molecule has 0 aliphatic carbocycles. The van der Waals surface area contributed by atoms with Crippen molar-refractivity contribution in [3.63, 3.8) is 0 Å². The van der Waals surface area contributed by atoms with Crippen LogP contribution in [0, 0.1) is 13.8 Å². The third kappa shape index (κ3) is 6.90.